The Hall–Kier alpha value is -1.51. The highest BCUT2D eigenvalue weighted by Gasteiger charge is 2.03. The first-order valence-electron chi connectivity index (χ1n) is 4.69. The van der Waals surface area contributed by atoms with Crippen molar-refractivity contribution in [3.63, 3.8) is 0 Å². The van der Waals surface area contributed by atoms with Crippen molar-refractivity contribution in [3.05, 3.63) is 29.8 Å². The topological polar surface area (TPSA) is 50.1 Å². The lowest BCUT2D eigenvalue weighted by Crippen LogP contribution is -2.02. The maximum Gasteiger partial charge on any atom is 0.238 e. The van der Waals surface area contributed by atoms with Gasteiger partial charge in [0.1, 0.15) is 5.75 Å². The first kappa shape index (κ1) is 10.6. The van der Waals surface area contributed by atoms with Gasteiger partial charge >= 0.3 is 0 Å². The summed E-state index contributed by atoms with van der Waals surface area (Å²) in [6.45, 7) is 2.54. The van der Waals surface area contributed by atoms with Gasteiger partial charge in [0.05, 0.1) is 6.61 Å². The molecule has 1 aromatic rings. The van der Waals surface area contributed by atoms with Gasteiger partial charge in [-0.1, -0.05) is 18.2 Å². The Labute approximate surface area is 83.9 Å². The smallest absolute Gasteiger partial charge is 0.238 e. The summed E-state index contributed by atoms with van der Waals surface area (Å²) >= 11 is 0. The fourth-order valence-corrected chi connectivity index (χ4v) is 1.25. The van der Waals surface area contributed by atoms with Crippen LogP contribution in [0, 0.1) is 0 Å². The van der Waals surface area contributed by atoms with Crippen LogP contribution in [0.5, 0.6) is 5.75 Å². The van der Waals surface area contributed by atoms with E-state index in [9.17, 15) is 4.79 Å². The number of hydrogen-bond acceptors (Lipinski definition) is 2. The van der Waals surface area contributed by atoms with E-state index < -0.39 is 5.91 Å². The molecule has 0 unspecified atom stereocenters. The molecule has 75 valence electrons. The van der Waals surface area contributed by atoms with Crippen molar-refractivity contribution in [3.8, 4) is 5.75 Å². The van der Waals surface area contributed by atoms with Crippen molar-refractivity contribution in [2.45, 2.75) is 19.8 Å². The van der Waals surface area contributed by atoms with Gasteiger partial charge in [0.15, 0.2) is 0 Å². The van der Waals surface area contributed by atoms with Crippen molar-refractivity contribution in [1.29, 1.82) is 0 Å². The van der Waals surface area contributed by atoms with E-state index in [1.54, 1.807) is 0 Å². The summed E-state index contributed by atoms with van der Waals surface area (Å²) in [5.41, 5.74) is 7.81. The normalized spacial score (nSPS) is 9.79. The van der Waals surface area contributed by atoms with E-state index in [1.165, 1.54) is 0 Å². The predicted molar refractivity (Wildman–Crippen MR) is 54.0 cm³/mol. The molecule has 1 rings (SSSR count). The number of hydrogen-bond donors (Lipinski definition) is 0. The summed E-state index contributed by atoms with van der Waals surface area (Å²) < 4.78 is 5.40. The lowest BCUT2D eigenvalue weighted by molar-refractivity contribution is -0.118. The van der Waals surface area contributed by atoms with Gasteiger partial charge in [-0.05, 0) is 25.0 Å². The Morgan fingerprint density at radius 2 is 2.14 bits per heavy atom. The van der Waals surface area contributed by atoms with Crippen molar-refractivity contribution in [2.75, 3.05) is 6.61 Å². The van der Waals surface area contributed by atoms with Gasteiger partial charge in [0, 0.05) is 6.42 Å². The molecule has 0 aromatic heterocycles. The van der Waals surface area contributed by atoms with Crippen molar-refractivity contribution < 1.29 is 9.53 Å². The number of carbonyl (C=O) groups is 1. The number of nitrogens with one attached hydrogen (secondary N) is 1. The van der Waals surface area contributed by atoms with Gasteiger partial charge in [-0.15, -0.1) is 0 Å². The minimum atomic E-state index is -0.531. The van der Waals surface area contributed by atoms with Crippen LogP contribution >= 0.6 is 0 Å². The summed E-state index contributed by atoms with van der Waals surface area (Å²) in [6.07, 6.45) is 0.836. The fourth-order valence-electron chi connectivity index (χ4n) is 1.25. The number of carbonyl (C=O) groups excluding carboxylic acids is 1. The molecule has 1 radical (unpaired) electrons. The quantitative estimate of drug-likeness (QED) is 0.714. The number of benzene rings is 1. The average molecular weight is 192 g/mol. The number of rotatable bonds is 5. The maximum absolute atomic E-state index is 10.5. The summed E-state index contributed by atoms with van der Waals surface area (Å²) in [6, 6.07) is 7.62. The van der Waals surface area contributed by atoms with Gasteiger partial charge in [-0.25, -0.2) is 0 Å². The molecule has 0 saturated carbocycles. The van der Waals surface area contributed by atoms with E-state index in [0.29, 0.717) is 13.0 Å². The minimum Gasteiger partial charge on any atom is -0.494 e. The second-order valence-corrected chi connectivity index (χ2v) is 2.96. The monoisotopic (exact) mass is 192 g/mol. The Bertz CT molecular complexity index is 310. The first-order chi connectivity index (χ1) is 6.74. The highest BCUT2D eigenvalue weighted by Crippen LogP contribution is 2.19. The van der Waals surface area contributed by atoms with Crippen LogP contribution in [0.1, 0.15) is 18.9 Å². The van der Waals surface area contributed by atoms with Gasteiger partial charge < -0.3 is 4.74 Å². The molecule has 14 heavy (non-hydrogen) atoms. The van der Waals surface area contributed by atoms with Crippen LogP contribution in [-0.4, -0.2) is 12.5 Å². The molecule has 0 atom stereocenters. The van der Waals surface area contributed by atoms with Crippen LogP contribution in [0.15, 0.2) is 24.3 Å². The molecule has 3 heteroatoms. The lowest BCUT2D eigenvalue weighted by atomic mass is 10.1. The Balaban J connectivity index is 2.68. The van der Waals surface area contributed by atoms with E-state index in [-0.39, 0.29) is 6.42 Å². The van der Waals surface area contributed by atoms with Crippen LogP contribution in [-0.2, 0) is 11.2 Å². The summed E-state index contributed by atoms with van der Waals surface area (Å²) in [5.74, 6) is 0.285. The molecule has 0 aliphatic rings. The van der Waals surface area contributed by atoms with Gasteiger partial charge in [0.2, 0.25) is 5.91 Å². The Morgan fingerprint density at radius 1 is 1.43 bits per heavy atom. The van der Waals surface area contributed by atoms with Gasteiger partial charge in [0.25, 0.3) is 0 Å². The Kier molecular flexibility index (Phi) is 3.98. The molecule has 0 fully saturated rings. The number of para-hydroxylation sites is 1. The van der Waals surface area contributed by atoms with E-state index in [2.05, 4.69) is 0 Å². The molecular formula is C11H14NO2. The number of aryl methyl sites for hydroxylation is 1. The number of amides is 1. The zero-order valence-corrected chi connectivity index (χ0v) is 8.25. The molecular weight excluding hydrogens is 178 g/mol. The standard InChI is InChI=1S/C11H14NO2/c1-2-14-10-6-4-3-5-9(10)7-8-11(12)13/h3-6,12H,2,7-8H2,1H3. The summed E-state index contributed by atoms with van der Waals surface area (Å²) in [4.78, 5) is 10.5. The van der Waals surface area contributed by atoms with E-state index in [1.807, 2.05) is 31.2 Å². The SMILES string of the molecule is CCOc1ccccc1CCC([NH])=O. The molecule has 0 aliphatic carbocycles. The molecule has 1 N–H and O–H groups in total. The van der Waals surface area contributed by atoms with Crippen LogP contribution in [0.4, 0.5) is 0 Å². The Morgan fingerprint density at radius 3 is 2.79 bits per heavy atom. The zero-order valence-electron chi connectivity index (χ0n) is 8.25. The lowest BCUT2D eigenvalue weighted by Gasteiger charge is -2.08. The second kappa shape index (κ2) is 5.27. The third-order valence-corrected chi connectivity index (χ3v) is 1.89. The minimum absolute atomic E-state index is 0.254. The highest BCUT2D eigenvalue weighted by molar-refractivity contribution is 5.73. The zero-order chi connectivity index (χ0) is 10.4. The number of ether oxygens (including phenoxy) is 1. The summed E-state index contributed by atoms with van der Waals surface area (Å²) in [5, 5.41) is 0. The first-order valence-corrected chi connectivity index (χ1v) is 4.69. The maximum atomic E-state index is 10.5. The summed E-state index contributed by atoms with van der Waals surface area (Å²) in [7, 11) is 0. The largest absolute Gasteiger partial charge is 0.494 e. The molecule has 3 nitrogen and oxygen atoms in total. The molecule has 0 aliphatic heterocycles. The van der Waals surface area contributed by atoms with Crippen LogP contribution in [0.25, 0.3) is 0 Å². The third-order valence-electron chi connectivity index (χ3n) is 1.89. The highest BCUT2D eigenvalue weighted by atomic mass is 16.5. The van der Waals surface area contributed by atoms with E-state index in [4.69, 9.17) is 10.5 Å². The van der Waals surface area contributed by atoms with Crippen LogP contribution in [0.2, 0.25) is 0 Å². The van der Waals surface area contributed by atoms with Crippen molar-refractivity contribution in [2.24, 2.45) is 0 Å². The molecule has 0 heterocycles. The van der Waals surface area contributed by atoms with Crippen molar-refractivity contribution in [1.82, 2.24) is 5.73 Å². The van der Waals surface area contributed by atoms with Crippen LogP contribution < -0.4 is 10.5 Å². The van der Waals surface area contributed by atoms with Crippen LogP contribution in [0.3, 0.4) is 0 Å². The molecule has 0 spiro atoms. The van der Waals surface area contributed by atoms with Gasteiger partial charge in [-0.3, -0.25) is 10.5 Å². The molecule has 0 bridgehead atoms. The van der Waals surface area contributed by atoms with E-state index >= 15 is 0 Å². The predicted octanol–water partition coefficient (Wildman–Crippen LogP) is 1.83. The molecule has 1 amide bonds. The fraction of sp³-hybridized carbons (Fsp3) is 0.364. The third kappa shape index (κ3) is 3.09. The van der Waals surface area contributed by atoms with Crippen molar-refractivity contribution >= 4 is 5.91 Å². The second-order valence-electron chi connectivity index (χ2n) is 2.96. The van der Waals surface area contributed by atoms with E-state index in [0.717, 1.165) is 11.3 Å². The molecule has 0 saturated heterocycles. The van der Waals surface area contributed by atoms with Gasteiger partial charge in [-0.2, -0.15) is 0 Å². The average Bonchev–Trinajstić information content (AvgIpc) is 2.17. The molecule has 1 aromatic carbocycles.